The highest BCUT2D eigenvalue weighted by Crippen LogP contribution is 2.27. The van der Waals surface area contributed by atoms with Crippen molar-refractivity contribution < 1.29 is 18.7 Å². The molecule has 0 aliphatic carbocycles. The van der Waals surface area contributed by atoms with Crippen LogP contribution in [0.2, 0.25) is 0 Å². The van der Waals surface area contributed by atoms with Gasteiger partial charge in [-0.3, -0.25) is 9.59 Å². The maximum absolute atomic E-state index is 13.7. The number of hydrogen-bond donors (Lipinski definition) is 1. The summed E-state index contributed by atoms with van der Waals surface area (Å²) in [5.41, 5.74) is 1.64. The average Bonchev–Trinajstić information content (AvgIpc) is 3.59. The molecule has 1 atom stereocenters. The molecule has 2 aromatic heterocycles. The van der Waals surface area contributed by atoms with E-state index in [9.17, 15) is 14.0 Å². The lowest BCUT2D eigenvalue weighted by atomic mass is 9.96. The SMILES string of the molecule is COc1ccccc1NC(=O)[C@H]1CCCN(C(=O)c2cnn(-c3ccc(F)cc3)c2-n2cccc2)C1. The monoisotopic (exact) mass is 487 g/mol. The van der Waals surface area contributed by atoms with Crippen LogP contribution >= 0.6 is 0 Å². The molecule has 1 aliphatic heterocycles. The number of piperidine rings is 1. The Kier molecular flexibility index (Phi) is 6.53. The van der Waals surface area contributed by atoms with Crippen LogP contribution in [0.5, 0.6) is 5.75 Å². The van der Waals surface area contributed by atoms with Crippen LogP contribution in [0.4, 0.5) is 10.1 Å². The molecule has 4 aromatic rings. The van der Waals surface area contributed by atoms with Gasteiger partial charge in [0, 0.05) is 25.5 Å². The summed E-state index contributed by atoms with van der Waals surface area (Å²) in [6, 6.07) is 16.9. The summed E-state index contributed by atoms with van der Waals surface area (Å²) in [6.45, 7) is 0.844. The number of rotatable bonds is 6. The lowest BCUT2D eigenvalue weighted by Gasteiger charge is -2.32. The van der Waals surface area contributed by atoms with Gasteiger partial charge in [0.1, 0.15) is 17.1 Å². The number of aromatic nitrogens is 3. The van der Waals surface area contributed by atoms with Crippen LogP contribution in [-0.2, 0) is 4.79 Å². The van der Waals surface area contributed by atoms with Crippen molar-refractivity contribution in [3.05, 3.63) is 90.6 Å². The molecular weight excluding hydrogens is 461 g/mol. The second-order valence-electron chi connectivity index (χ2n) is 8.64. The first-order chi connectivity index (χ1) is 17.5. The van der Waals surface area contributed by atoms with E-state index in [4.69, 9.17) is 4.74 Å². The first-order valence-corrected chi connectivity index (χ1v) is 11.8. The maximum atomic E-state index is 13.7. The molecule has 3 heterocycles. The zero-order valence-electron chi connectivity index (χ0n) is 19.8. The van der Waals surface area contributed by atoms with E-state index in [0.29, 0.717) is 54.4 Å². The molecular formula is C27H26FN5O3. The summed E-state index contributed by atoms with van der Waals surface area (Å²) in [5.74, 6) is 0.0770. The second-order valence-corrected chi connectivity index (χ2v) is 8.64. The first-order valence-electron chi connectivity index (χ1n) is 11.8. The van der Waals surface area contributed by atoms with Gasteiger partial charge in [0.15, 0.2) is 5.82 Å². The fourth-order valence-electron chi connectivity index (χ4n) is 4.52. The van der Waals surface area contributed by atoms with Gasteiger partial charge in [-0.2, -0.15) is 5.10 Å². The molecule has 0 unspecified atom stereocenters. The van der Waals surface area contributed by atoms with Crippen LogP contribution in [0.25, 0.3) is 11.5 Å². The number of benzene rings is 2. The number of para-hydroxylation sites is 2. The molecule has 1 fully saturated rings. The predicted octanol–water partition coefficient (Wildman–Crippen LogP) is 4.30. The maximum Gasteiger partial charge on any atom is 0.259 e. The van der Waals surface area contributed by atoms with Crippen LogP contribution in [0.15, 0.2) is 79.3 Å². The fraction of sp³-hybridized carbons (Fsp3) is 0.222. The van der Waals surface area contributed by atoms with Crippen molar-refractivity contribution in [3.8, 4) is 17.3 Å². The Hall–Kier alpha value is -4.40. The standard InChI is InChI=1S/C27H26FN5O3/c1-36-24-9-3-2-8-23(24)30-25(34)19-7-6-16-32(18-19)27(35)22-17-29-33(21-12-10-20(28)11-13-21)26(22)31-14-4-5-15-31/h2-5,8-15,17,19H,6-7,16,18H2,1H3,(H,30,34)/t19-/m0/s1. The van der Waals surface area contributed by atoms with Crippen molar-refractivity contribution in [3.63, 3.8) is 0 Å². The van der Waals surface area contributed by atoms with Crippen LogP contribution in [0.1, 0.15) is 23.2 Å². The van der Waals surface area contributed by atoms with Crippen molar-refractivity contribution in [2.75, 3.05) is 25.5 Å². The lowest BCUT2D eigenvalue weighted by molar-refractivity contribution is -0.121. The minimum absolute atomic E-state index is 0.148. The Labute approximate surface area is 207 Å². The Morgan fingerprint density at radius 3 is 2.56 bits per heavy atom. The van der Waals surface area contributed by atoms with Crippen LogP contribution < -0.4 is 10.1 Å². The van der Waals surface area contributed by atoms with Gasteiger partial charge in [0.05, 0.1) is 30.6 Å². The number of carbonyl (C=O) groups excluding carboxylic acids is 2. The van der Waals surface area contributed by atoms with Gasteiger partial charge in [0.25, 0.3) is 5.91 Å². The van der Waals surface area contributed by atoms with Gasteiger partial charge < -0.3 is 19.5 Å². The molecule has 0 saturated carbocycles. The molecule has 0 bridgehead atoms. The fourth-order valence-corrected chi connectivity index (χ4v) is 4.52. The molecule has 9 heteroatoms. The van der Waals surface area contributed by atoms with Gasteiger partial charge >= 0.3 is 0 Å². The number of nitrogens with one attached hydrogen (secondary N) is 1. The van der Waals surface area contributed by atoms with E-state index in [0.717, 1.165) is 0 Å². The number of anilines is 1. The van der Waals surface area contributed by atoms with Crippen molar-refractivity contribution in [2.24, 2.45) is 5.92 Å². The van der Waals surface area contributed by atoms with E-state index in [-0.39, 0.29) is 23.5 Å². The zero-order chi connectivity index (χ0) is 25.1. The summed E-state index contributed by atoms with van der Waals surface area (Å²) in [6.07, 6.45) is 6.57. The number of hydrogen-bond acceptors (Lipinski definition) is 4. The minimum atomic E-state index is -0.352. The molecule has 0 radical (unpaired) electrons. The molecule has 0 spiro atoms. The number of nitrogens with zero attached hydrogens (tertiary/aromatic N) is 4. The highest BCUT2D eigenvalue weighted by molar-refractivity contribution is 5.98. The number of carbonyl (C=O) groups is 2. The Bertz CT molecular complexity index is 1360. The summed E-state index contributed by atoms with van der Waals surface area (Å²) in [4.78, 5) is 28.4. The third-order valence-electron chi connectivity index (χ3n) is 6.34. The number of likely N-dealkylation sites (tertiary alicyclic amines) is 1. The Morgan fingerprint density at radius 2 is 1.81 bits per heavy atom. The molecule has 2 amide bonds. The van der Waals surface area contributed by atoms with Crippen molar-refractivity contribution in [1.82, 2.24) is 19.2 Å². The predicted molar refractivity (Wildman–Crippen MR) is 133 cm³/mol. The van der Waals surface area contributed by atoms with E-state index in [1.807, 2.05) is 36.7 Å². The van der Waals surface area contributed by atoms with Gasteiger partial charge in [-0.15, -0.1) is 0 Å². The molecule has 184 valence electrons. The number of methoxy groups -OCH3 is 1. The van der Waals surface area contributed by atoms with E-state index in [1.165, 1.54) is 18.3 Å². The van der Waals surface area contributed by atoms with Crippen LogP contribution in [0, 0.1) is 11.7 Å². The molecule has 2 aromatic carbocycles. The minimum Gasteiger partial charge on any atom is -0.495 e. The summed E-state index contributed by atoms with van der Waals surface area (Å²) in [5, 5.41) is 7.39. The third kappa shape index (κ3) is 4.59. The van der Waals surface area contributed by atoms with Crippen LogP contribution in [-0.4, -0.2) is 51.3 Å². The Balaban J connectivity index is 1.39. The summed E-state index contributed by atoms with van der Waals surface area (Å²) >= 11 is 0. The number of amides is 2. The highest BCUT2D eigenvalue weighted by atomic mass is 19.1. The second kappa shape index (κ2) is 10.1. The van der Waals surface area contributed by atoms with Gasteiger partial charge in [-0.05, 0) is 61.4 Å². The molecule has 1 aliphatic rings. The summed E-state index contributed by atoms with van der Waals surface area (Å²) < 4.78 is 22.3. The molecule has 5 rings (SSSR count). The van der Waals surface area contributed by atoms with Gasteiger partial charge in [-0.25, -0.2) is 9.07 Å². The first kappa shape index (κ1) is 23.3. The van der Waals surface area contributed by atoms with Crippen LogP contribution in [0.3, 0.4) is 0 Å². The third-order valence-corrected chi connectivity index (χ3v) is 6.34. The lowest BCUT2D eigenvalue weighted by Crippen LogP contribution is -2.44. The number of halogens is 1. The Morgan fingerprint density at radius 1 is 1.06 bits per heavy atom. The van der Waals surface area contributed by atoms with E-state index in [2.05, 4.69) is 10.4 Å². The normalized spacial score (nSPS) is 15.5. The van der Waals surface area contributed by atoms with Gasteiger partial charge in [-0.1, -0.05) is 12.1 Å². The van der Waals surface area contributed by atoms with E-state index >= 15 is 0 Å². The zero-order valence-corrected chi connectivity index (χ0v) is 19.8. The smallest absolute Gasteiger partial charge is 0.259 e. The number of ether oxygens (including phenoxy) is 1. The summed E-state index contributed by atoms with van der Waals surface area (Å²) in [7, 11) is 1.56. The molecule has 1 saturated heterocycles. The average molecular weight is 488 g/mol. The van der Waals surface area contributed by atoms with Gasteiger partial charge in [0.2, 0.25) is 5.91 Å². The molecule has 8 nitrogen and oxygen atoms in total. The highest BCUT2D eigenvalue weighted by Gasteiger charge is 2.32. The quantitative estimate of drug-likeness (QED) is 0.440. The van der Waals surface area contributed by atoms with Crippen molar-refractivity contribution in [1.29, 1.82) is 0 Å². The van der Waals surface area contributed by atoms with Crippen molar-refractivity contribution in [2.45, 2.75) is 12.8 Å². The van der Waals surface area contributed by atoms with Crippen molar-refractivity contribution >= 4 is 17.5 Å². The van der Waals surface area contributed by atoms with E-state index in [1.54, 1.807) is 45.5 Å². The largest absolute Gasteiger partial charge is 0.495 e. The molecule has 36 heavy (non-hydrogen) atoms. The topological polar surface area (TPSA) is 81.4 Å². The van der Waals surface area contributed by atoms with E-state index < -0.39 is 0 Å². The molecule has 1 N–H and O–H groups in total.